The number of rotatable bonds is 7. The summed E-state index contributed by atoms with van der Waals surface area (Å²) in [6.45, 7) is 2.39. The van der Waals surface area contributed by atoms with Gasteiger partial charge in [0.15, 0.2) is 0 Å². The minimum atomic E-state index is -0.422. The first-order chi connectivity index (χ1) is 12.0. The minimum absolute atomic E-state index is 0.158. The van der Waals surface area contributed by atoms with Crippen molar-refractivity contribution in [3.63, 3.8) is 0 Å². The number of methoxy groups -OCH3 is 2. The summed E-state index contributed by atoms with van der Waals surface area (Å²) >= 11 is 0. The van der Waals surface area contributed by atoms with Gasteiger partial charge in [0.2, 0.25) is 0 Å². The molecule has 25 heavy (non-hydrogen) atoms. The zero-order valence-corrected chi connectivity index (χ0v) is 14.6. The Bertz CT molecular complexity index is 701. The van der Waals surface area contributed by atoms with Crippen LogP contribution in [0.3, 0.4) is 0 Å². The zero-order valence-electron chi connectivity index (χ0n) is 14.6. The van der Waals surface area contributed by atoms with E-state index in [4.69, 9.17) is 9.47 Å². The van der Waals surface area contributed by atoms with Crippen molar-refractivity contribution in [1.82, 2.24) is 9.88 Å². The SMILES string of the molecule is COC(=O)C(C)CN(Cc1ccc(OC)cc1)C(=O)c1ccncc1. The predicted molar refractivity (Wildman–Crippen MR) is 93.2 cm³/mol. The van der Waals surface area contributed by atoms with Crippen LogP contribution in [0.1, 0.15) is 22.8 Å². The number of amides is 1. The second-order valence-corrected chi connectivity index (χ2v) is 5.69. The first-order valence-corrected chi connectivity index (χ1v) is 7.95. The number of benzene rings is 1. The molecule has 0 spiro atoms. The van der Waals surface area contributed by atoms with Crippen LogP contribution in [0.2, 0.25) is 0 Å². The second-order valence-electron chi connectivity index (χ2n) is 5.69. The summed E-state index contributed by atoms with van der Waals surface area (Å²) in [5, 5.41) is 0. The molecule has 0 radical (unpaired) electrons. The molecule has 0 N–H and O–H groups in total. The smallest absolute Gasteiger partial charge is 0.310 e. The number of esters is 1. The van der Waals surface area contributed by atoms with Gasteiger partial charge >= 0.3 is 5.97 Å². The van der Waals surface area contributed by atoms with Crippen molar-refractivity contribution in [3.05, 3.63) is 59.9 Å². The molecule has 6 heteroatoms. The molecule has 0 fully saturated rings. The van der Waals surface area contributed by atoms with Crippen LogP contribution in [-0.4, -0.2) is 42.5 Å². The molecule has 0 aliphatic carbocycles. The number of nitrogens with zero attached hydrogens (tertiary/aromatic N) is 2. The van der Waals surface area contributed by atoms with Crippen LogP contribution in [0.15, 0.2) is 48.8 Å². The molecule has 1 aromatic heterocycles. The molecule has 2 aromatic rings. The number of carbonyl (C=O) groups is 2. The number of aromatic nitrogens is 1. The molecule has 0 saturated carbocycles. The number of pyridine rings is 1. The van der Waals surface area contributed by atoms with E-state index in [9.17, 15) is 9.59 Å². The van der Waals surface area contributed by atoms with Crippen LogP contribution in [0.25, 0.3) is 0 Å². The number of hydrogen-bond acceptors (Lipinski definition) is 5. The van der Waals surface area contributed by atoms with E-state index in [0.717, 1.165) is 11.3 Å². The van der Waals surface area contributed by atoms with Crippen molar-refractivity contribution >= 4 is 11.9 Å². The van der Waals surface area contributed by atoms with E-state index < -0.39 is 5.92 Å². The van der Waals surface area contributed by atoms with Crippen LogP contribution < -0.4 is 4.74 Å². The summed E-state index contributed by atoms with van der Waals surface area (Å²) in [6, 6.07) is 10.8. The first kappa shape index (κ1) is 18.4. The monoisotopic (exact) mass is 342 g/mol. The summed E-state index contributed by atoms with van der Waals surface area (Å²) in [4.78, 5) is 30.2. The first-order valence-electron chi connectivity index (χ1n) is 7.95. The lowest BCUT2D eigenvalue weighted by atomic mass is 10.1. The Morgan fingerprint density at radius 1 is 1.08 bits per heavy atom. The molecule has 0 saturated heterocycles. The predicted octanol–water partition coefficient (Wildman–Crippen LogP) is 2.54. The van der Waals surface area contributed by atoms with Gasteiger partial charge in [0.05, 0.1) is 20.1 Å². The quantitative estimate of drug-likeness (QED) is 0.723. The average Bonchev–Trinajstić information content (AvgIpc) is 2.67. The fraction of sp³-hybridized carbons (Fsp3) is 0.316. The van der Waals surface area contributed by atoms with Crippen LogP contribution in [-0.2, 0) is 16.1 Å². The number of hydrogen-bond donors (Lipinski definition) is 0. The highest BCUT2D eigenvalue weighted by Crippen LogP contribution is 2.16. The van der Waals surface area contributed by atoms with E-state index in [0.29, 0.717) is 12.1 Å². The fourth-order valence-corrected chi connectivity index (χ4v) is 2.45. The molecule has 6 nitrogen and oxygen atoms in total. The maximum atomic E-state index is 12.8. The Morgan fingerprint density at radius 2 is 1.72 bits per heavy atom. The molecule has 1 amide bonds. The van der Waals surface area contributed by atoms with E-state index in [1.807, 2.05) is 24.3 Å². The van der Waals surface area contributed by atoms with Crippen LogP contribution in [0.5, 0.6) is 5.75 Å². The van der Waals surface area contributed by atoms with Gasteiger partial charge < -0.3 is 14.4 Å². The molecule has 132 valence electrons. The summed E-state index contributed by atoms with van der Waals surface area (Å²) in [7, 11) is 2.95. The van der Waals surface area contributed by atoms with Gasteiger partial charge in [-0.25, -0.2) is 0 Å². The molecule has 0 aliphatic heterocycles. The minimum Gasteiger partial charge on any atom is -0.497 e. The molecule has 0 bridgehead atoms. The average molecular weight is 342 g/mol. The molecule has 1 atom stereocenters. The number of carbonyl (C=O) groups excluding carboxylic acids is 2. The highest BCUT2D eigenvalue weighted by molar-refractivity contribution is 5.94. The standard InChI is InChI=1S/C19H22N2O4/c1-14(19(23)25-3)12-21(18(22)16-8-10-20-11-9-16)13-15-4-6-17(24-2)7-5-15/h4-11,14H,12-13H2,1-3H3. The third-order valence-electron chi connectivity index (χ3n) is 3.84. The van der Waals surface area contributed by atoms with E-state index in [1.165, 1.54) is 7.11 Å². The van der Waals surface area contributed by atoms with Crippen LogP contribution in [0.4, 0.5) is 0 Å². The van der Waals surface area contributed by atoms with E-state index >= 15 is 0 Å². The molecule has 1 aromatic carbocycles. The summed E-state index contributed by atoms with van der Waals surface area (Å²) in [5.41, 5.74) is 1.47. The highest BCUT2D eigenvalue weighted by atomic mass is 16.5. The van der Waals surface area contributed by atoms with Crippen molar-refractivity contribution in [3.8, 4) is 5.75 Å². The maximum absolute atomic E-state index is 12.8. The zero-order chi connectivity index (χ0) is 18.2. The van der Waals surface area contributed by atoms with Gasteiger partial charge in [0.1, 0.15) is 5.75 Å². The van der Waals surface area contributed by atoms with Gasteiger partial charge in [0.25, 0.3) is 5.91 Å². The Hall–Kier alpha value is -2.89. The molecule has 0 aliphatic rings. The Balaban J connectivity index is 2.21. The summed E-state index contributed by atoms with van der Waals surface area (Å²) in [6.07, 6.45) is 3.14. The van der Waals surface area contributed by atoms with Crippen molar-refractivity contribution in [2.75, 3.05) is 20.8 Å². The highest BCUT2D eigenvalue weighted by Gasteiger charge is 2.22. The van der Waals surface area contributed by atoms with Crippen molar-refractivity contribution in [2.24, 2.45) is 5.92 Å². The van der Waals surface area contributed by atoms with E-state index in [1.54, 1.807) is 43.5 Å². The van der Waals surface area contributed by atoms with Crippen LogP contribution >= 0.6 is 0 Å². The normalized spacial score (nSPS) is 11.5. The largest absolute Gasteiger partial charge is 0.497 e. The number of ether oxygens (including phenoxy) is 2. The molecular weight excluding hydrogens is 320 g/mol. The van der Waals surface area contributed by atoms with Crippen molar-refractivity contribution < 1.29 is 19.1 Å². The second kappa shape index (κ2) is 8.82. The fourth-order valence-electron chi connectivity index (χ4n) is 2.45. The Labute approximate surface area is 147 Å². The van der Waals surface area contributed by atoms with Crippen molar-refractivity contribution in [2.45, 2.75) is 13.5 Å². The lowest BCUT2D eigenvalue weighted by molar-refractivity contribution is -0.145. The molecular formula is C19H22N2O4. The lowest BCUT2D eigenvalue weighted by Gasteiger charge is -2.25. The van der Waals surface area contributed by atoms with Gasteiger partial charge in [-0.15, -0.1) is 0 Å². The Kier molecular flexibility index (Phi) is 6.51. The maximum Gasteiger partial charge on any atom is 0.310 e. The van der Waals surface area contributed by atoms with E-state index in [2.05, 4.69) is 4.98 Å². The van der Waals surface area contributed by atoms with Gasteiger partial charge in [0, 0.05) is 31.0 Å². The van der Waals surface area contributed by atoms with Gasteiger partial charge in [-0.05, 0) is 29.8 Å². The topological polar surface area (TPSA) is 68.7 Å². The summed E-state index contributed by atoms with van der Waals surface area (Å²) in [5.74, 6) is -0.177. The van der Waals surface area contributed by atoms with Gasteiger partial charge in [-0.2, -0.15) is 0 Å². The lowest BCUT2D eigenvalue weighted by Crippen LogP contribution is -2.36. The molecule has 1 heterocycles. The molecule has 1 unspecified atom stereocenters. The van der Waals surface area contributed by atoms with Crippen LogP contribution in [0, 0.1) is 5.92 Å². The third kappa shape index (κ3) is 5.04. The Morgan fingerprint density at radius 3 is 2.28 bits per heavy atom. The summed E-state index contributed by atoms with van der Waals surface area (Å²) < 4.78 is 9.93. The third-order valence-corrected chi connectivity index (χ3v) is 3.84. The van der Waals surface area contributed by atoms with E-state index in [-0.39, 0.29) is 18.4 Å². The van der Waals surface area contributed by atoms with Crippen molar-refractivity contribution in [1.29, 1.82) is 0 Å². The molecule has 2 rings (SSSR count). The van der Waals surface area contributed by atoms with Gasteiger partial charge in [-0.3, -0.25) is 14.6 Å². The van der Waals surface area contributed by atoms with Gasteiger partial charge in [-0.1, -0.05) is 19.1 Å².